The van der Waals surface area contributed by atoms with E-state index >= 15 is 0 Å². The number of para-hydroxylation sites is 2. The van der Waals surface area contributed by atoms with Gasteiger partial charge in [0.05, 0.1) is 28.9 Å². The summed E-state index contributed by atoms with van der Waals surface area (Å²) < 4.78 is 6.40. The molecule has 0 bridgehead atoms. The number of rotatable bonds is 6. The minimum absolute atomic E-state index is 0.0444. The summed E-state index contributed by atoms with van der Waals surface area (Å²) in [5.41, 5.74) is 0.521. The van der Waals surface area contributed by atoms with Crippen molar-refractivity contribution in [2.45, 2.75) is 39.7 Å². The summed E-state index contributed by atoms with van der Waals surface area (Å²) in [5, 5.41) is 2.86. The van der Waals surface area contributed by atoms with Crippen molar-refractivity contribution in [3.63, 3.8) is 0 Å². The lowest BCUT2D eigenvalue weighted by Gasteiger charge is -2.18. The number of anilines is 2. The molecular weight excluding hydrogens is 426 g/mol. The molecule has 4 rings (SSSR count). The molecule has 2 amide bonds. The molecule has 2 aromatic heterocycles. The normalized spacial score (nSPS) is 13.6. The van der Waals surface area contributed by atoms with Gasteiger partial charge in [-0.25, -0.2) is 14.6 Å². The highest BCUT2D eigenvalue weighted by Crippen LogP contribution is 2.29. The molecule has 0 radical (unpaired) electrons. The standard InChI is InChI=1S/C23H25N5O5/c1-4-9-28-19-18(21(30)26-22(28)31)14(12-16(24-19)13(2)3)20(29)25-15-7-5-6-8-17(15)27-10-11-33-23(27)32/h5-8,12-13H,4,9-11H2,1-3H3,(H,25,29)(H,26,30,31). The van der Waals surface area contributed by atoms with E-state index in [9.17, 15) is 19.2 Å². The van der Waals surface area contributed by atoms with E-state index < -0.39 is 23.2 Å². The molecule has 0 unspecified atom stereocenters. The summed E-state index contributed by atoms with van der Waals surface area (Å²) >= 11 is 0. The number of nitrogens with one attached hydrogen (secondary N) is 2. The smallest absolute Gasteiger partial charge is 0.414 e. The number of hydrogen-bond acceptors (Lipinski definition) is 6. The van der Waals surface area contributed by atoms with Gasteiger partial charge in [0, 0.05) is 12.2 Å². The van der Waals surface area contributed by atoms with Gasteiger partial charge in [0.2, 0.25) is 0 Å². The molecule has 2 N–H and O–H groups in total. The average Bonchev–Trinajstić information content (AvgIpc) is 3.21. The maximum Gasteiger partial charge on any atom is 0.414 e. The van der Waals surface area contributed by atoms with E-state index in [0.717, 1.165) is 0 Å². The second kappa shape index (κ2) is 8.89. The number of H-pyrrole nitrogens is 1. The van der Waals surface area contributed by atoms with Crippen LogP contribution in [0.3, 0.4) is 0 Å². The lowest BCUT2D eigenvalue weighted by atomic mass is 10.0. The summed E-state index contributed by atoms with van der Waals surface area (Å²) in [5.74, 6) is -0.589. The Bertz CT molecular complexity index is 1360. The minimum atomic E-state index is -0.674. The van der Waals surface area contributed by atoms with Crippen LogP contribution in [0, 0.1) is 0 Å². The van der Waals surface area contributed by atoms with Crippen LogP contribution < -0.4 is 21.5 Å². The lowest BCUT2D eigenvalue weighted by Crippen LogP contribution is -2.32. The van der Waals surface area contributed by atoms with Gasteiger partial charge < -0.3 is 10.1 Å². The Labute approximate surface area is 189 Å². The van der Waals surface area contributed by atoms with E-state index in [0.29, 0.717) is 36.6 Å². The highest BCUT2D eigenvalue weighted by Gasteiger charge is 2.27. The van der Waals surface area contributed by atoms with Crippen molar-refractivity contribution in [3.8, 4) is 0 Å². The number of benzene rings is 1. The summed E-state index contributed by atoms with van der Waals surface area (Å²) in [6.45, 7) is 6.72. The SMILES string of the molecule is CCCn1c(=O)[nH]c(=O)c2c(C(=O)Nc3ccccc3N3CCOC3=O)cc(C(C)C)nc21. The molecule has 1 saturated heterocycles. The van der Waals surface area contributed by atoms with Crippen LogP contribution in [0.1, 0.15) is 49.2 Å². The number of carbonyl (C=O) groups excluding carboxylic acids is 2. The second-order valence-electron chi connectivity index (χ2n) is 8.10. The van der Waals surface area contributed by atoms with Crippen molar-refractivity contribution in [2.75, 3.05) is 23.4 Å². The number of amides is 2. The largest absolute Gasteiger partial charge is 0.447 e. The highest BCUT2D eigenvalue weighted by atomic mass is 16.6. The van der Waals surface area contributed by atoms with E-state index in [1.807, 2.05) is 20.8 Å². The third kappa shape index (κ3) is 4.11. The number of cyclic esters (lactones) is 1. The zero-order chi connectivity index (χ0) is 23.7. The fourth-order valence-electron chi connectivity index (χ4n) is 3.82. The third-order valence-electron chi connectivity index (χ3n) is 5.46. The number of aryl methyl sites for hydroxylation is 1. The Balaban J connectivity index is 1.86. The summed E-state index contributed by atoms with van der Waals surface area (Å²) in [6, 6.07) is 8.44. The number of nitrogens with zero attached hydrogens (tertiary/aromatic N) is 3. The van der Waals surface area contributed by atoms with E-state index in [2.05, 4.69) is 15.3 Å². The topological polar surface area (TPSA) is 126 Å². The molecule has 0 aliphatic carbocycles. The van der Waals surface area contributed by atoms with Gasteiger partial charge in [-0.3, -0.25) is 24.0 Å². The molecular formula is C23H25N5O5. The molecule has 1 fully saturated rings. The van der Waals surface area contributed by atoms with Crippen molar-refractivity contribution in [1.29, 1.82) is 0 Å². The molecule has 3 aromatic rings. The van der Waals surface area contributed by atoms with Gasteiger partial charge in [-0.2, -0.15) is 0 Å². The van der Waals surface area contributed by atoms with Crippen LogP contribution >= 0.6 is 0 Å². The number of hydrogen-bond donors (Lipinski definition) is 2. The molecule has 172 valence electrons. The number of aromatic amines is 1. The van der Waals surface area contributed by atoms with Crippen molar-refractivity contribution >= 4 is 34.4 Å². The van der Waals surface area contributed by atoms with E-state index in [4.69, 9.17) is 4.74 Å². The Morgan fingerprint density at radius 2 is 2.00 bits per heavy atom. The molecule has 1 aliphatic heterocycles. The molecule has 0 atom stereocenters. The summed E-state index contributed by atoms with van der Waals surface area (Å²) in [7, 11) is 0. The fourth-order valence-corrected chi connectivity index (χ4v) is 3.82. The zero-order valence-corrected chi connectivity index (χ0v) is 18.7. The Morgan fingerprint density at radius 3 is 2.67 bits per heavy atom. The highest BCUT2D eigenvalue weighted by molar-refractivity contribution is 6.13. The molecule has 10 nitrogen and oxygen atoms in total. The predicted octanol–water partition coefficient (Wildman–Crippen LogP) is 2.83. The Hall–Kier alpha value is -3.95. The van der Waals surface area contributed by atoms with Crippen LogP contribution in [0.5, 0.6) is 0 Å². The van der Waals surface area contributed by atoms with E-state index in [-0.39, 0.29) is 29.1 Å². The quantitative estimate of drug-likeness (QED) is 0.593. The van der Waals surface area contributed by atoms with E-state index in [1.165, 1.54) is 9.47 Å². The molecule has 10 heteroatoms. The van der Waals surface area contributed by atoms with Gasteiger partial charge in [0.15, 0.2) is 5.65 Å². The Kier molecular flexibility index (Phi) is 5.99. The molecule has 0 saturated carbocycles. The first-order chi connectivity index (χ1) is 15.8. The first-order valence-corrected chi connectivity index (χ1v) is 10.8. The molecule has 33 heavy (non-hydrogen) atoms. The first-order valence-electron chi connectivity index (χ1n) is 10.8. The van der Waals surface area contributed by atoms with Gasteiger partial charge in [-0.05, 0) is 30.5 Å². The van der Waals surface area contributed by atoms with Crippen molar-refractivity contribution in [1.82, 2.24) is 14.5 Å². The third-order valence-corrected chi connectivity index (χ3v) is 5.46. The molecule has 3 heterocycles. The predicted molar refractivity (Wildman–Crippen MR) is 124 cm³/mol. The van der Waals surface area contributed by atoms with Crippen LogP contribution in [0.25, 0.3) is 11.0 Å². The van der Waals surface area contributed by atoms with Gasteiger partial charge in [-0.15, -0.1) is 0 Å². The Morgan fingerprint density at radius 1 is 1.24 bits per heavy atom. The maximum absolute atomic E-state index is 13.4. The van der Waals surface area contributed by atoms with Crippen LogP contribution in [0.2, 0.25) is 0 Å². The van der Waals surface area contributed by atoms with Crippen LogP contribution in [0.4, 0.5) is 16.2 Å². The number of ether oxygens (including phenoxy) is 1. The van der Waals surface area contributed by atoms with Gasteiger partial charge in [0.25, 0.3) is 11.5 Å². The van der Waals surface area contributed by atoms with Crippen molar-refractivity contribution in [2.24, 2.45) is 0 Å². The lowest BCUT2D eigenvalue weighted by molar-refractivity contribution is 0.102. The van der Waals surface area contributed by atoms with Gasteiger partial charge in [-0.1, -0.05) is 32.9 Å². The van der Waals surface area contributed by atoms with E-state index in [1.54, 1.807) is 30.3 Å². The summed E-state index contributed by atoms with van der Waals surface area (Å²) in [6.07, 6.45) is 0.156. The number of aromatic nitrogens is 3. The molecule has 1 aliphatic rings. The number of fused-ring (bicyclic) bond motifs is 1. The number of pyridine rings is 1. The number of carbonyl (C=O) groups is 2. The maximum atomic E-state index is 13.4. The first kappa shape index (κ1) is 22.3. The second-order valence-corrected chi connectivity index (χ2v) is 8.10. The minimum Gasteiger partial charge on any atom is -0.447 e. The van der Waals surface area contributed by atoms with Crippen LogP contribution in [-0.2, 0) is 11.3 Å². The van der Waals surface area contributed by atoms with Crippen molar-refractivity contribution in [3.05, 3.63) is 62.4 Å². The van der Waals surface area contributed by atoms with Crippen LogP contribution in [-0.4, -0.2) is 39.7 Å². The molecule has 1 aromatic carbocycles. The molecule has 0 spiro atoms. The average molecular weight is 451 g/mol. The summed E-state index contributed by atoms with van der Waals surface area (Å²) in [4.78, 5) is 59.0. The fraction of sp³-hybridized carbons (Fsp3) is 0.348. The van der Waals surface area contributed by atoms with Gasteiger partial charge >= 0.3 is 11.8 Å². The van der Waals surface area contributed by atoms with Crippen LogP contribution in [0.15, 0.2) is 39.9 Å². The van der Waals surface area contributed by atoms with Crippen molar-refractivity contribution < 1.29 is 14.3 Å². The zero-order valence-electron chi connectivity index (χ0n) is 18.7. The monoisotopic (exact) mass is 451 g/mol. The van der Waals surface area contributed by atoms with Gasteiger partial charge in [0.1, 0.15) is 6.61 Å².